The summed E-state index contributed by atoms with van der Waals surface area (Å²) in [6, 6.07) is 7.79. The number of rotatable bonds is 2. The van der Waals surface area contributed by atoms with Gasteiger partial charge in [-0.1, -0.05) is 23.4 Å². The SMILES string of the molecule is Cc1nc([C@H]2CCCN(C(=O)[C@@H]3COc4ccccc43)C2)no1. The Bertz CT molecular complexity index is 727. The Kier molecular flexibility index (Phi) is 3.52. The highest BCUT2D eigenvalue weighted by Crippen LogP contribution is 2.36. The van der Waals surface area contributed by atoms with Gasteiger partial charge in [0.05, 0.1) is 0 Å². The van der Waals surface area contributed by atoms with Crippen molar-refractivity contribution < 1.29 is 14.1 Å². The van der Waals surface area contributed by atoms with Gasteiger partial charge in [-0.2, -0.15) is 4.98 Å². The highest BCUT2D eigenvalue weighted by Gasteiger charge is 2.36. The molecule has 23 heavy (non-hydrogen) atoms. The van der Waals surface area contributed by atoms with Crippen LogP contribution >= 0.6 is 0 Å². The summed E-state index contributed by atoms with van der Waals surface area (Å²) in [5.74, 6) is 2.21. The fourth-order valence-electron chi connectivity index (χ4n) is 3.46. The lowest BCUT2D eigenvalue weighted by Crippen LogP contribution is -2.42. The molecule has 1 fully saturated rings. The predicted molar refractivity (Wildman–Crippen MR) is 82.3 cm³/mol. The van der Waals surface area contributed by atoms with Gasteiger partial charge >= 0.3 is 0 Å². The van der Waals surface area contributed by atoms with Gasteiger partial charge in [0.15, 0.2) is 5.82 Å². The largest absolute Gasteiger partial charge is 0.492 e. The van der Waals surface area contributed by atoms with Gasteiger partial charge in [0, 0.05) is 31.5 Å². The van der Waals surface area contributed by atoms with Crippen molar-refractivity contribution >= 4 is 5.91 Å². The quantitative estimate of drug-likeness (QED) is 0.850. The van der Waals surface area contributed by atoms with Gasteiger partial charge in [-0.25, -0.2) is 0 Å². The number of nitrogens with zero attached hydrogens (tertiary/aromatic N) is 3. The first-order valence-corrected chi connectivity index (χ1v) is 8.03. The molecule has 0 saturated carbocycles. The Morgan fingerprint density at radius 3 is 3.04 bits per heavy atom. The molecule has 1 amide bonds. The van der Waals surface area contributed by atoms with Crippen molar-refractivity contribution in [3.63, 3.8) is 0 Å². The maximum Gasteiger partial charge on any atom is 0.233 e. The predicted octanol–water partition coefficient (Wildman–Crippen LogP) is 2.26. The van der Waals surface area contributed by atoms with E-state index in [9.17, 15) is 4.79 Å². The van der Waals surface area contributed by atoms with Crippen molar-refractivity contribution in [2.24, 2.45) is 0 Å². The Balaban J connectivity index is 1.51. The molecule has 0 bridgehead atoms. The maximum atomic E-state index is 12.9. The van der Waals surface area contributed by atoms with E-state index in [4.69, 9.17) is 9.26 Å². The number of likely N-dealkylation sites (tertiary alicyclic amines) is 1. The van der Waals surface area contributed by atoms with E-state index in [1.54, 1.807) is 6.92 Å². The topological polar surface area (TPSA) is 68.5 Å². The van der Waals surface area contributed by atoms with E-state index in [-0.39, 0.29) is 17.7 Å². The summed E-state index contributed by atoms with van der Waals surface area (Å²) >= 11 is 0. The summed E-state index contributed by atoms with van der Waals surface area (Å²) in [5, 5.41) is 4.02. The molecule has 3 heterocycles. The van der Waals surface area contributed by atoms with E-state index in [0.29, 0.717) is 24.9 Å². The summed E-state index contributed by atoms with van der Waals surface area (Å²) in [7, 11) is 0. The molecule has 0 spiro atoms. The van der Waals surface area contributed by atoms with Gasteiger partial charge in [-0.3, -0.25) is 4.79 Å². The average molecular weight is 313 g/mol. The molecule has 2 atom stereocenters. The number of carbonyl (C=O) groups is 1. The minimum atomic E-state index is -0.197. The number of hydrogen-bond donors (Lipinski definition) is 0. The molecule has 0 N–H and O–H groups in total. The molecule has 1 aromatic carbocycles. The van der Waals surface area contributed by atoms with E-state index in [1.807, 2.05) is 29.2 Å². The number of hydrogen-bond acceptors (Lipinski definition) is 5. The van der Waals surface area contributed by atoms with Crippen LogP contribution in [0.2, 0.25) is 0 Å². The number of para-hydroxylation sites is 1. The van der Waals surface area contributed by atoms with Crippen molar-refractivity contribution in [1.82, 2.24) is 15.0 Å². The summed E-state index contributed by atoms with van der Waals surface area (Å²) in [4.78, 5) is 19.2. The maximum absolute atomic E-state index is 12.9. The minimum absolute atomic E-state index is 0.139. The molecule has 2 aromatic rings. The molecule has 1 aromatic heterocycles. The van der Waals surface area contributed by atoms with Crippen molar-refractivity contribution in [3.05, 3.63) is 41.5 Å². The van der Waals surface area contributed by atoms with Crippen LogP contribution in [0.15, 0.2) is 28.8 Å². The highest BCUT2D eigenvalue weighted by molar-refractivity contribution is 5.85. The second-order valence-electron chi connectivity index (χ2n) is 6.20. The van der Waals surface area contributed by atoms with Crippen LogP contribution in [0.3, 0.4) is 0 Å². The zero-order chi connectivity index (χ0) is 15.8. The summed E-state index contributed by atoms with van der Waals surface area (Å²) in [6.45, 7) is 3.65. The number of fused-ring (bicyclic) bond motifs is 1. The number of benzene rings is 1. The molecule has 6 nitrogen and oxygen atoms in total. The van der Waals surface area contributed by atoms with E-state index in [1.165, 1.54) is 0 Å². The smallest absolute Gasteiger partial charge is 0.233 e. The van der Waals surface area contributed by atoms with Crippen molar-refractivity contribution in [2.75, 3.05) is 19.7 Å². The number of aryl methyl sites for hydroxylation is 1. The molecule has 0 radical (unpaired) electrons. The van der Waals surface area contributed by atoms with Crippen LogP contribution in [-0.2, 0) is 4.79 Å². The molecule has 1 saturated heterocycles. The minimum Gasteiger partial charge on any atom is -0.492 e. The highest BCUT2D eigenvalue weighted by atomic mass is 16.5. The van der Waals surface area contributed by atoms with Gasteiger partial charge in [-0.15, -0.1) is 0 Å². The Morgan fingerprint density at radius 1 is 1.35 bits per heavy atom. The first-order valence-electron chi connectivity index (χ1n) is 8.03. The zero-order valence-corrected chi connectivity index (χ0v) is 13.1. The Hall–Kier alpha value is -2.37. The number of carbonyl (C=O) groups excluding carboxylic acids is 1. The standard InChI is InChI=1S/C17H19N3O3/c1-11-18-16(19-23-11)12-5-4-8-20(9-12)17(21)14-10-22-15-7-3-2-6-13(14)15/h2-3,6-7,12,14H,4-5,8-10H2,1H3/t12-,14+/m0/s1. The van der Waals surface area contributed by atoms with Crippen molar-refractivity contribution in [2.45, 2.75) is 31.6 Å². The van der Waals surface area contributed by atoms with E-state index >= 15 is 0 Å². The molecule has 0 unspecified atom stereocenters. The van der Waals surface area contributed by atoms with Crippen LogP contribution in [0, 0.1) is 6.92 Å². The van der Waals surface area contributed by atoms with E-state index < -0.39 is 0 Å². The summed E-state index contributed by atoms with van der Waals surface area (Å²) in [6.07, 6.45) is 1.94. The number of piperidine rings is 1. The first-order chi connectivity index (χ1) is 11.2. The van der Waals surface area contributed by atoms with Gasteiger partial charge in [0.1, 0.15) is 18.3 Å². The van der Waals surface area contributed by atoms with Crippen LogP contribution < -0.4 is 4.74 Å². The number of aromatic nitrogens is 2. The van der Waals surface area contributed by atoms with E-state index in [2.05, 4.69) is 10.1 Å². The van der Waals surface area contributed by atoms with Crippen LogP contribution in [0.5, 0.6) is 5.75 Å². The summed E-state index contributed by atoms with van der Waals surface area (Å²) < 4.78 is 10.7. The molecule has 120 valence electrons. The summed E-state index contributed by atoms with van der Waals surface area (Å²) in [5.41, 5.74) is 0.995. The molecular formula is C17H19N3O3. The molecule has 4 rings (SSSR count). The molecule has 2 aliphatic rings. The van der Waals surface area contributed by atoms with Crippen LogP contribution in [0.4, 0.5) is 0 Å². The fraction of sp³-hybridized carbons (Fsp3) is 0.471. The average Bonchev–Trinajstić information content (AvgIpc) is 3.20. The second kappa shape index (κ2) is 5.68. The van der Waals surface area contributed by atoms with Crippen LogP contribution in [0.25, 0.3) is 0 Å². The van der Waals surface area contributed by atoms with Crippen molar-refractivity contribution in [3.8, 4) is 5.75 Å². The van der Waals surface area contributed by atoms with Crippen LogP contribution in [-0.4, -0.2) is 40.6 Å². The van der Waals surface area contributed by atoms with Gasteiger partial charge < -0.3 is 14.2 Å². The number of ether oxygens (including phenoxy) is 1. The van der Waals surface area contributed by atoms with Crippen molar-refractivity contribution in [1.29, 1.82) is 0 Å². The monoisotopic (exact) mass is 313 g/mol. The molecule has 0 aliphatic carbocycles. The van der Waals surface area contributed by atoms with Gasteiger partial charge in [-0.05, 0) is 18.9 Å². The van der Waals surface area contributed by atoms with E-state index in [0.717, 1.165) is 30.7 Å². The Morgan fingerprint density at radius 2 is 2.22 bits per heavy atom. The zero-order valence-electron chi connectivity index (χ0n) is 13.1. The normalized spacial score (nSPS) is 23.4. The lowest BCUT2D eigenvalue weighted by atomic mass is 9.94. The molecule has 2 aliphatic heterocycles. The molecular weight excluding hydrogens is 294 g/mol. The number of amides is 1. The van der Waals surface area contributed by atoms with Gasteiger partial charge in [0.2, 0.25) is 11.8 Å². The first kappa shape index (κ1) is 14.2. The Labute approximate surface area is 134 Å². The lowest BCUT2D eigenvalue weighted by molar-refractivity contribution is -0.134. The third-order valence-electron chi connectivity index (χ3n) is 4.64. The second-order valence-corrected chi connectivity index (χ2v) is 6.20. The third kappa shape index (κ3) is 2.58. The molecule has 6 heteroatoms. The fourth-order valence-corrected chi connectivity index (χ4v) is 3.46. The van der Waals surface area contributed by atoms with Gasteiger partial charge in [0.25, 0.3) is 0 Å². The lowest BCUT2D eigenvalue weighted by Gasteiger charge is -2.32. The van der Waals surface area contributed by atoms with Crippen LogP contribution in [0.1, 0.15) is 42.0 Å². The third-order valence-corrected chi connectivity index (χ3v) is 4.64.